The van der Waals surface area contributed by atoms with E-state index in [1.165, 1.54) is 0 Å². The van der Waals surface area contributed by atoms with Crippen molar-refractivity contribution < 1.29 is 17.9 Å². The predicted octanol–water partition coefficient (Wildman–Crippen LogP) is 3.43. The van der Waals surface area contributed by atoms with Gasteiger partial charge in [-0.25, -0.2) is 4.39 Å². The smallest absolute Gasteiger partial charge is 0.314 e. The molecule has 1 rings (SSSR count). The van der Waals surface area contributed by atoms with Crippen molar-refractivity contribution in [2.75, 3.05) is 0 Å². The van der Waals surface area contributed by atoms with Crippen molar-refractivity contribution in [1.82, 2.24) is 0 Å². The molecule has 1 nitrogen and oxygen atoms in total. The third-order valence-corrected chi connectivity index (χ3v) is 2.50. The van der Waals surface area contributed by atoms with Crippen molar-refractivity contribution in [3.63, 3.8) is 0 Å². The van der Waals surface area contributed by atoms with Crippen molar-refractivity contribution in [2.24, 2.45) is 0 Å². The molecule has 0 bridgehead atoms. The lowest BCUT2D eigenvalue weighted by molar-refractivity contribution is -0.278. The maximum atomic E-state index is 12.7. The molecule has 0 N–H and O–H groups in total. The molecule has 0 aliphatic heterocycles. The summed E-state index contributed by atoms with van der Waals surface area (Å²) in [6.07, 6.45) is 0.432. The summed E-state index contributed by atoms with van der Waals surface area (Å²) in [6, 6.07) is 0. The Hall–Kier alpha value is 0.230. The van der Waals surface area contributed by atoms with Crippen LogP contribution in [0.3, 0.4) is 0 Å². The van der Waals surface area contributed by atoms with E-state index in [9.17, 15) is 13.2 Å². The first kappa shape index (κ1) is 11.3. The summed E-state index contributed by atoms with van der Waals surface area (Å²) in [6.45, 7) is 0. The standard InChI is InChI=1S/C8H11BrF3O/c9-7(10)8(11,12)13-6-4-2-1-3-5-6/h1,6-7H,2-5H2. The minimum absolute atomic E-state index is 0.518. The van der Waals surface area contributed by atoms with Gasteiger partial charge in [0.25, 0.3) is 0 Å². The Bertz CT molecular complexity index is 157. The average Bonchev–Trinajstić information content (AvgIpc) is 2.05. The van der Waals surface area contributed by atoms with E-state index in [0.717, 1.165) is 12.8 Å². The van der Waals surface area contributed by atoms with E-state index in [1.54, 1.807) is 0 Å². The van der Waals surface area contributed by atoms with Crippen LogP contribution in [0.5, 0.6) is 0 Å². The predicted molar refractivity (Wildman–Crippen MR) is 46.4 cm³/mol. The topological polar surface area (TPSA) is 9.23 Å². The van der Waals surface area contributed by atoms with Gasteiger partial charge in [-0.15, -0.1) is 0 Å². The zero-order chi connectivity index (χ0) is 9.90. The van der Waals surface area contributed by atoms with E-state index in [1.807, 2.05) is 6.42 Å². The van der Waals surface area contributed by atoms with Crippen molar-refractivity contribution in [2.45, 2.75) is 43.0 Å². The summed E-state index contributed by atoms with van der Waals surface area (Å²) in [5, 5.41) is -2.43. The molecule has 1 unspecified atom stereocenters. The van der Waals surface area contributed by atoms with Crippen LogP contribution in [-0.2, 0) is 4.74 Å². The molecule has 0 heterocycles. The molecule has 5 heteroatoms. The first-order chi connectivity index (χ1) is 6.02. The molecule has 1 aliphatic rings. The van der Waals surface area contributed by atoms with Gasteiger partial charge in [0.2, 0.25) is 5.08 Å². The number of alkyl halides is 4. The Morgan fingerprint density at radius 2 is 1.92 bits per heavy atom. The van der Waals surface area contributed by atoms with Gasteiger partial charge in [0.1, 0.15) is 0 Å². The van der Waals surface area contributed by atoms with Crippen molar-refractivity contribution >= 4 is 15.9 Å². The fourth-order valence-corrected chi connectivity index (χ4v) is 1.40. The number of ether oxygens (including phenoxy) is 1. The summed E-state index contributed by atoms with van der Waals surface area (Å²) in [5.41, 5.74) is 0. The lowest BCUT2D eigenvalue weighted by atomic mass is 9.98. The van der Waals surface area contributed by atoms with E-state index < -0.39 is 17.3 Å². The van der Waals surface area contributed by atoms with E-state index in [4.69, 9.17) is 0 Å². The Kier molecular flexibility index (Phi) is 4.04. The van der Waals surface area contributed by atoms with Gasteiger partial charge in [0, 0.05) is 0 Å². The van der Waals surface area contributed by atoms with Crippen LogP contribution in [0.1, 0.15) is 25.7 Å². The second-order valence-electron chi connectivity index (χ2n) is 3.05. The fourth-order valence-electron chi connectivity index (χ4n) is 1.29. The summed E-state index contributed by atoms with van der Waals surface area (Å²) >= 11 is 2.17. The third kappa shape index (κ3) is 3.46. The molecular formula is C8H11BrF3O. The second-order valence-corrected chi connectivity index (χ2v) is 3.85. The molecule has 0 saturated heterocycles. The molecule has 0 aromatic rings. The lowest BCUT2D eigenvalue weighted by Gasteiger charge is -2.26. The summed E-state index contributed by atoms with van der Waals surface area (Å²) in [4.78, 5) is 0. The number of rotatable bonds is 3. The number of hydrogen-bond acceptors (Lipinski definition) is 1. The highest BCUT2D eigenvalue weighted by Gasteiger charge is 2.42. The van der Waals surface area contributed by atoms with Gasteiger partial charge >= 0.3 is 6.11 Å². The van der Waals surface area contributed by atoms with Crippen molar-refractivity contribution in [1.29, 1.82) is 0 Å². The Balaban J connectivity index is 2.37. The van der Waals surface area contributed by atoms with Gasteiger partial charge in [-0.2, -0.15) is 8.78 Å². The van der Waals surface area contributed by atoms with Crippen LogP contribution in [0.15, 0.2) is 0 Å². The first-order valence-corrected chi connectivity index (χ1v) is 5.09. The highest BCUT2D eigenvalue weighted by atomic mass is 79.9. The third-order valence-electron chi connectivity index (χ3n) is 1.96. The maximum Gasteiger partial charge on any atom is 0.397 e. The molecule has 1 fully saturated rings. The average molecular weight is 260 g/mol. The molecule has 1 atom stereocenters. The van der Waals surface area contributed by atoms with Crippen LogP contribution >= 0.6 is 15.9 Å². The summed E-state index contributed by atoms with van der Waals surface area (Å²) in [7, 11) is 0. The Morgan fingerprint density at radius 3 is 2.38 bits per heavy atom. The molecule has 0 spiro atoms. The van der Waals surface area contributed by atoms with Gasteiger partial charge in [-0.3, -0.25) is 0 Å². The highest BCUT2D eigenvalue weighted by Crippen LogP contribution is 2.32. The molecule has 1 saturated carbocycles. The van der Waals surface area contributed by atoms with Crippen LogP contribution in [-0.4, -0.2) is 17.3 Å². The quantitative estimate of drug-likeness (QED) is 0.706. The van der Waals surface area contributed by atoms with Gasteiger partial charge in [-0.1, -0.05) is 0 Å². The molecular weight excluding hydrogens is 249 g/mol. The Labute approximate surface area is 83.8 Å². The molecule has 0 aromatic carbocycles. The second kappa shape index (κ2) is 4.64. The minimum atomic E-state index is -3.71. The largest absolute Gasteiger partial charge is 0.397 e. The van der Waals surface area contributed by atoms with Gasteiger partial charge in [-0.05, 0) is 48.0 Å². The fraction of sp³-hybridized carbons (Fsp3) is 0.875. The van der Waals surface area contributed by atoms with Crippen molar-refractivity contribution in [3.8, 4) is 0 Å². The van der Waals surface area contributed by atoms with E-state index >= 15 is 0 Å². The van der Waals surface area contributed by atoms with Crippen LogP contribution in [0, 0.1) is 6.42 Å². The molecule has 0 amide bonds. The van der Waals surface area contributed by atoms with E-state index in [-0.39, 0.29) is 0 Å². The van der Waals surface area contributed by atoms with Crippen LogP contribution < -0.4 is 0 Å². The SMILES string of the molecule is FC(Br)C(F)(F)OC1CC[CH]CC1. The lowest BCUT2D eigenvalue weighted by Crippen LogP contribution is -2.35. The minimum Gasteiger partial charge on any atom is -0.314 e. The van der Waals surface area contributed by atoms with Crippen LogP contribution in [0.25, 0.3) is 0 Å². The van der Waals surface area contributed by atoms with Gasteiger partial charge in [0.15, 0.2) is 0 Å². The summed E-state index contributed by atoms with van der Waals surface area (Å²) < 4.78 is 42.0. The monoisotopic (exact) mass is 259 g/mol. The number of hydrogen-bond donors (Lipinski definition) is 0. The molecule has 13 heavy (non-hydrogen) atoms. The molecule has 0 aromatic heterocycles. The zero-order valence-corrected chi connectivity index (χ0v) is 8.57. The van der Waals surface area contributed by atoms with Gasteiger partial charge in [0.05, 0.1) is 6.10 Å². The van der Waals surface area contributed by atoms with Crippen LogP contribution in [0.2, 0.25) is 0 Å². The molecule has 1 aliphatic carbocycles. The van der Waals surface area contributed by atoms with Gasteiger partial charge < -0.3 is 4.74 Å². The normalized spacial score (nSPS) is 23.1. The first-order valence-electron chi connectivity index (χ1n) is 4.18. The Morgan fingerprint density at radius 1 is 1.38 bits per heavy atom. The molecule has 77 valence electrons. The highest BCUT2D eigenvalue weighted by molar-refractivity contribution is 9.09. The van der Waals surface area contributed by atoms with Crippen molar-refractivity contribution in [3.05, 3.63) is 6.42 Å². The zero-order valence-electron chi connectivity index (χ0n) is 6.98. The van der Waals surface area contributed by atoms with E-state index in [2.05, 4.69) is 20.7 Å². The maximum absolute atomic E-state index is 12.7. The van der Waals surface area contributed by atoms with E-state index in [0.29, 0.717) is 12.8 Å². The molecule has 1 radical (unpaired) electrons. The number of halogens is 4. The summed E-state index contributed by atoms with van der Waals surface area (Å²) in [5.74, 6) is 0. The van der Waals surface area contributed by atoms with Crippen LogP contribution in [0.4, 0.5) is 13.2 Å².